The van der Waals surface area contributed by atoms with Crippen molar-refractivity contribution >= 4 is 33.2 Å². The number of likely N-dealkylation sites (tertiary alicyclic amines) is 1. The lowest BCUT2D eigenvalue weighted by molar-refractivity contribution is 0.251. The van der Waals surface area contributed by atoms with Gasteiger partial charge in [-0.25, -0.2) is 8.42 Å². The summed E-state index contributed by atoms with van der Waals surface area (Å²) in [5.41, 5.74) is 1.79. The van der Waals surface area contributed by atoms with Crippen LogP contribution in [0.4, 0.5) is 0 Å². The van der Waals surface area contributed by atoms with Gasteiger partial charge in [0.2, 0.25) is 10.0 Å². The van der Waals surface area contributed by atoms with Crippen LogP contribution in [0.25, 0.3) is 0 Å². The minimum Gasteiger partial charge on any atom is -0.299 e. The van der Waals surface area contributed by atoms with Gasteiger partial charge in [-0.05, 0) is 80.2 Å². The first-order valence-electron chi connectivity index (χ1n) is 10.1. The topological polar surface area (TPSA) is 64.4 Å². The van der Waals surface area contributed by atoms with E-state index in [1.807, 2.05) is 0 Å². The van der Waals surface area contributed by atoms with Crippen molar-refractivity contribution in [2.24, 2.45) is 0 Å². The largest absolute Gasteiger partial charge is 0.299 e. The van der Waals surface area contributed by atoms with Crippen molar-refractivity contribution in [2.75, 3.05) is 26.2 Å². The highest BCUT2D eigenvalue weighted by Gasteiger charge is 2.37. The zero-order valence-electron chi connectivity index (χ0n) is 16.5. The first-order chi connectivity index (χ1) is 14.4. The number of sulfonamides is 1. The molecule has 0 N–H and O–H groups in total. The van der Waals surface area contributed by atoms with Gasteiger partial charge in [0.15, 0.2) is 0 Å². The van der Waals surface area contributed by atoms with Gasteiger partial charge in [0.1, 0.15) is 0 Å². The molecule has 0 saturated carbocycles. The highest BCUT2D eigenvalue weighted by molar-refractivity contribution is 7.89. The van der Waals surface area contributed by atoms with Crippen LogP contribution in [0.5, 0.6) is 0 Å². The first-order valence-corrected chi connectivity index (χ1v) is 12.3. The fourth-order valence-corrected chi connectivity index (χ4v) is 6.73. The fraction of sp³-hybridized carbons (Fsp3) is 0.409. The summed E-state index contributed by atoms with van der Waals surface area (Å²) in [6.07, 6.45) is 3.57. The van der Waals surface area contributed by atoms with E-state index in [4.69, 9.17) is 23.2 Å². The van der Waals surface area contributed by atoms with Crippen molar-refractivity contribution < 1.29 is 8.42 Å². The summed E-state index contributed by atoms with van der Waals surface area (Å²) in [7, 11) is -3.72. The predicted octanol–water partition coefficient (Wildman–Crippen LogP) is 4.31. The summed E-state index contributed by atoms with van der Waals surface area (Å²) in [4.78, 5) is 2.59. The summed E-state index contributed by atoms with van der Waals surface area (Å²) in [5.74, 6) is 0. The standard InChI is InChI=1S/C22H23Cl2N3O2S/c23-19-10-17(11-20(24)13-19)9-18-4-3-16(14-25)12-22(18)30(28,29)27-8-5-21(15-27)26-6-1-2-7-26/h3-4,10-13,21H,1-2,5-9,15H2. The SMILES string of the molecule is N#Cc1ccc(Cc2cc(Cl)cc(Cl)c2)c(S(=O)(=O)N2CCC(N3CCCC3)C2)c1. The van der Waals surface area contributed by atoms with Crippen LogP contribution in [0, 0.1) is 11.3 Å². The number of benzene rings is 2. The van der Waals surface area contributed by atoms with Crippen LogP contribution in [0.2, 0.25) is 10.0 Å². The second-order valence-corrected chi connectivity index (χ2v) is 10.7. The van der Waals surface area contributed by atoms with Crippen molar-refractivity contribution in [1.29, 1.82) is 5.26 Å². The van der Waals surface area contributed by atoms with E-state index >= 15 is 0 Å². The van der Waals surface area contributed by atoms with E-state index in [2.05, 4.69) is 11.0 Å². The molecule has 2 heterocycles. The lowest BCUT2D eigenvalue weighted by atomic mass is 10.0. The molecule has 2 saturated heterocycles. The molecular weight excluding hydrogens is 441 g/mol. The van der Waals surface area contributed by atoms with Gasteiger partial charge < -0.3 is 0 Å². The normalized spacial score (nSPS) is 20.5. The number of nitriles is 1. The molecule has 2 aliphatic heterocycles. The molecule has 2 fully saturated rings. The van der Waals surface area contributed by atoms with E-state index in [9.17, 15) is 13.7 Å². The summed E-state index contributed by atoms with van der Waals surface area (Å²) in [6.45, 7) is 3.09. The molecule has 0 aliphatic carbocycles. The Kier molecular flexibility index (Phi) is 6.38. The third kappa shape index (κ3) is 4.51. The van der Waals surface area contributed by atoms with Gasteiger partial charge in [-0.15, -0.1) is 0 Å². The van der Waals surface area contributed by atoms with Gasteiger partial charge in [0.25, 0.3) is 0 Å². The molecule has 0 radical (unpaired) electrons. The molecule has 2 aliphatic rings. The van der Waals surface area contributed by atoms with Gasteiger partial charge in [-0.3, -0.25) is 4.90 Å². The molecule has 1 atom stereocenters. The summed E-state index contributed by atoms with van der Waals surface area (Å²) in [6, 6.07) is 12.4. The monoisotopic (exact) mass is 463 g/mol. The van der Waals surface area contributed by atoms with Crippen molar-refractivity contribution in [1.82, 2.24) is 9.21 Å². The van der Waals surface area contributed by atoms with Gasteiger partial charge in [0.05, 0.1) is 16.5 Å². The number of halogens is 2. The predicted molar refractivity (Wildman–Crippen MR) is 118 cm³/mol. The van der Waals surface area contributed by atoms with Crippen molar-refractivity contribution in [3.05, 3.63) is 63.1 Å². The molecule has 158 valence electrons. The zero-order valence-corrected chi connectivity index (χ0v) is 18.8. The molecule has 4 rings (SSSR count). The van der Waals surface area contributed by atoms with E-state index in [0.717, 1.165) is 25.1 Å². The van der Waals surface area contributed by atoms with Crippen molar-refractivity contribution in [3.63, 3.8) is 0 Å². The van der Waals surface area contributed by atoms with Crippen LogP contribution in [0.15, 0.2) is 41.3 Å². The van der Waals surface area contributed by atoms with Crippen LogP contribution in [0.1, 0.15) is 36.0 Å². The lowest BCUT2D eigenvalue weighted by Gasteiger charge is -2.24. The highest BCUT2D eigenvalue weighted by Crippen LogP contribution is 2.30. The molecular formula is C22H23Cl2N3O2S. The molecule has 2 aromatic carbocycles. The molecule has 1 unspecified atom stereocenters. The molecule has 0 amide bonds. The number of hydrogen-bond donors (Lipinski definition) is 0. The van der Waals surface area contributed by atoms with Crippen molar-refractivity contribution in [3.8, 4) is 6.07 Å². The van der Waals surface area contributed by atoms with Crippen LogP contribution in [-0.2, 0) is 16.4 Å². The van der Waals surface area contributed by atoms with E-state index < -0.39 is 10.0 Å². The Balaban J connectivity index is 1.65. The smallest absolute Gasteiger partial charge is 0.243 e. The maximum Gasteiger partial charge on any atom is 0.243 e. The number of hydrogen-bond acceptors (Lipinski definition) is 4. The third-order valence-electron chi connectivity index (χ3n) is 5.91. The second-order valence-electron chi connectivity index (χ2n) is 7.94. The maximum atomic E-state index is 13.6. The Morgan fingerprint density at radius 1 is 1.03 bits per heavy atom. The van der Waals surface area contributed by atoms with E-state index in [1.165, 1.54) is 18.9 Å². The molecule has 0 bridgehead atoms. The number of nitrogens with zero attached hydrogens (tertiary/aromatic N) is 3. The molecule has 5 nitrogen and oxygen atoms in total. The summed E-state index contributed by atoms with van der Waals surface area (Å²) in [5, 5.41) is 10.3. The average molecular weight is 464 g/mol. The molecule has 0 spiro atoms. The average Bonchev–Trinajstić information content (AvgIpc) is 3.39. The second kappa shape index (κ2) is 8.86. The Morgan fingerprint density at radius 2 is 1.73 bits per heavy atom. The van der Waals surface area contributed by atoms with Gasteiger partial charge in [-0.2, -0.15) is 9.57 Å². The Hall–Kier alpha value is -1.62. The number of rotatable bonds is 5. The Morgan fingerprint density at radius 3 is 2.40 bits per heavy atom. The van der Waals surface area contributed by atoms with Crippen LogP contribution in [-0.4, -0.2) is 49.8 Å². The van der Waals surface area contributed by atoms with E-state index in [-0.39, 0.29) is 10.9 Å². The minimum atomic E-state index is -3.72. The summed E-state index contributed by atoms with van der Waals surface area (Å²) < 4.78 is 28.7. The first kappa shape index (κ1) is 21.6. The van der Waals surface area contributed by atoms with Crippen LogP contribution in [0.3, 0.4) is 0 Å². The van der Waals surface area contributed by atoms with E-state index in [1.54, 1.807) is 34.6 Å². The molecule has 2 aromatic rings. The fourth-order valence-electron chi connectivity index (χ4n) is 4.42. The Labute approximate surface area is 187 Å². The molecule has 8 heteroatoms. The molecule has 0 aromatic heterocycles. The quantitative estimate of drug-likeness (QED) is 0.662. The van der Waals surface area contributed by atoms with Gasteiger partial charge >= 0.3 is 0 Å². The highest BCUT2D eigenvalue weighted by atomic mass is 35.5. The minimum absolute atomic E-state index is 0.194. The van der Waals surface area contributed by atoms with Crippen LogP contribution < -0.4 is 0 Å². The van der Waals surface area contributed by atoms with Gasteiger partial charge in [-0.1, -0.05) is 29.3 Å². The third-order valence-corrected chi connectivity index (χ3v) is 8.30. The molecule has 30 heavy (non-hydrogen) atoms. The maximum absolute atomic E-state index is 13.6. The lowest BCUT2D eigenvalue weighted by Crippen LogP contribution is -2.37. The van der Waals surface area contributed by atoms with Crippen molar-refractivity contribution in [2.45, 2.75) is 36.6 Å². The van der Waals surface area contributed by atoms with Crippen LogP contribution >= 0.6 is 23.2 Å². The Bertz CT molecular complexity index is 1070. The zero-order chi connectivity index (χ0) is 21.3. The summed E-state index contributed by atoms with van der Waals surface area (Å²) >= 11 is 12.2. The van der Waals surface area contributed by atoms with Gasteiger partial charge in [0, 0.05) is 29.2 Å². The van der Waals surface area contributed by atoms with E-state index in [0.29, 0.717) is 40.7 Å².